The zero-order valence-corrected chi connectivity index (χ0v) is 13.9. The van der Waals surface area contributed by atoms with Gasteiger partial charge in [0, 0.05) is 39.5 Å². The molecule has 0 aliphatic carbocycles. The lowest BCUT2D eigenvalue weighted by Crippen LogP contribution is -2.23. The Morgan fingerprint density at radius 2 is 2.29 bits per heavy atom. The Morgan fingerprint density at radius 1 is 1.48 bits per heavy atom. The highest BCUT2D eigenvalue weighted by Gasteiger charge is 2.26. The zero-order chi connectivity index (χ0) is 15.2. The van der Waals surface area contributed by atoms with Gasteiger partial charge in [-0.05, 0) is 42.4 Å². The molecule has 118 valence electrons. The number of pyridine rings is 1. The number of nitrogens with one attached hydrogen (secondary N) is 1. The minimum Gasteiger partial charge on any atom is -0.383 e. The van der Waals surface area contributed by atoms with Crippen LogP contribution in [0.3, 0.4) is 0 Å². The van der Waals surface area contributed by atoms with Gasteiger partial charge in [0.1, 0.15) is 5.82 Å². The molecule has 0 radical (unpaired) electrons. The maximum Gasteiger partial charge on any atom is 0.131 e. The van der Waals surface area contributed by atoms with E-state index in [1.807, 2.05) is 6.20 Å². The van der Waals surface area contributed by atoms with Crippen LogP contribution in [0.2, 0.25) is 0 Å². The second kappa shape index (κ2) is 7.76. The highest BCUT2D eigenvalue weighted by Crippen LogP contribution is 2.29. The van der Waals surface area contributed by atoms with E-state index in [0.717, 1.165) is 44.6 Å². The first-order chi connectivity index (χ1) is 10.1. The summed E-state index contributed by atoms with van der Waals surface area (Å²) >= 11 is 0. The molecule has 1 unspecified atom stereocenters. The number of ether oxygens (including phenoxy) is 1. The molecule has 0 saturated carbocycles. The number of methoxy groups -OCH3 is 1. The molecule has 4 heteroatoms. The molecule has 2 heterocycles. The SMILES string of the molecule is COCCNCc1cnc(N2CCC(C(C)C)C2)c(C)c1. The van der Waals surface area contributed by atoms with E-state index < -0.39 is 0 Å². The smallest absolute Gasteiger partial charge is 0.131 e. The van der Waals surface area contributed by atoms with Crippen molar-refractivity contribution in [3.63, 3.8) is 0 Å². The zero-order valence-electron chi connectivity index (χ0n) is 13.9. The van der Waals surface area contributed by atoms with Crippen LogP contribution in [0.15, 0.2) is 12.3 Å². The third-order valence-corrected chi connectivity index (χ3v) is 4.39. The van der Waals surface area contributed by atoms with Gasteiger partial charge in [-0.1, -0.05) is 13.8 Å². The summed E-state index contributed by atoms with van der Waals surface area (Å²) < 4.78 is 5.03. The summed E-state index contributed by atoms with van der Waals surface area (Å²) in [7, 11) is 1.72. The number of nitrogens with zero attached hydrogens (tertiary/aromatic N) is 2. The van der Waals surface area contributed by atoms with Gasteiger partial charge in [0.05, 0.1) is 6.61 Å². The number of aryl methyl sites for hydroxylation is 1. The van der Waals surface area contributed by atoms with E-state index in [0.29, 0.717) is 0 Å². The van der Waals surface area contributed by atoms with Crippen LogP contribution < -0.4 is 10.2 Å². The summed E-state index contributed by atoms with van der Waals surface area (Å²) in [6.45, 7) is 11.6. The van der Waals surface area contributed by atoms with Crippen molar-refractivity contribution in [1.29, 1.82) is 0 Å². The van der Waals surface area contributed by atoms with Crippen LogP contribution in [0.5, 0.6) is 0 Å². The number of hydrogen-bond donors (Lipinski definition) is 1. The molecule has 1 N–H and O–H groups in total. The molecule has 21 heavy (non-hydrogen) atoms. The van der Waals surface area contributed by atoms with Gasteiger partial charge in [0.15, 0.2) is 0 Å². The first-order valence-electron chi connectivity index (χ1n) is 8.02. The highest BCUT2D eigenvalue weighted by molar-refractivity contribution is 5.48. The Balaban J connectivity index is 1.93. The lowest BCUT2D eigenvalue weighted by Gasteiger charge is -2.21. The number of hydrogen-bond acceptors (Lipinski definition) is 4. The molecule has 1 aromatic rings. The summed E-state index contributed by atoms with van der Waals surface area (Å²) in [5.41, 5.74) is 2.53. The molecular formula is C17H29N3O. The Labute approximate surface area is 128 Å². The predicted octanol–water partition coefficient (Wildman–Crippen LogP) is 2.61. The molecule has 1 saturated heterocycles. The summed E-state index contributed by atoms with van der Waals surface area (Å²) in [6, 6.07) is 2.25. The van der Waals surface area contributed by atoms with Gasteiger partial charge in [-0.15, -0.1) is 0 Å². The molecule has 0 amide bonds. The van der Waals surface area contributed by atoms with Gasteiger partial charge in [-0.2, -0.15) is 0 Å². The first-order valence-corrected chi connectivity index (χ1v) is 8.02. The second-order valence-electron chi connectivity index (χ2n) is 6.39. The van der Waals surface area contributed by atoms with E-state index in [1.165, 1.54) is 23.4 Å². The van der Waals surface area contributed by atoms with E-state index in [1.54, 1.807) is 7.11 Å². The third kappa shape index (κ3) is 4.42. The topological polar surface area (TPSA) is 37.4 Å². The summed E-state index contributed by atoms with van der Waals surface area (Å²) in [5, 5.41) is 3.36. The van der Waals surface area contributed by atoms with Gasteiger partial charge in [0.2, 0.25) is 0 Å². The molecule has 1 aliphatic rings. The predicted molar refractivity (Wildman–Crippen MR) is 87.7 cm³/mol. The van der Waals surface area contributed by atoms with Crippen molar-refractivity contribution in [3.8, 4) is 0 Å². The summed E-state index contributed by atoms with van der Waals surface area (Å²) in [4.78, 5) is 7.15. The number of anilines is 1. The highest BCUT2D eigenvalue weighted by atomic mass is 16.5. The van der Waals surface area contributed by atoms with E-state index >= 15 is 0 Å². The first kappa shape index (κ1) is 16.2. The summed E-state index contributed by atoms with van der Waals surface area (Å²) in [5.74, 6) is 2.74. The van der Waals surface area contributed by atoms with Gasteiger partial charge in [-0.3, -0.25) is 0 Å². The van der Waals surface area contributed by atoms with Gasteiger partial charge in [0.25, 0.3) is 0 Å². The second-order valence-corrected chi connectivity index (χ2v) is 6.39. The lowest BCUT2D eigenvalue weighted by molar-refractivity contribution is 0.199. The van der Waals surface area contributed by atoms with Crippen molar-refractivity contribution in [2.75, 3.05) is 38.3 Å². The lowest BCUT2D eigenvalue weighted by atomic mass is 9.95. The van der Waals surface area contributed by atoms with E-state index in [4.69, 9.17) is 9.72 Å². The molecule has 0 spiro atoms. The van der Waals surface area contributed by atoms with Gasteiger partial charge < -0.3 is 15.0 Å². The van der Waals surface area contributed by atoms with Crippen LogP contribution >= 0.6 is 0 Å². The Hall–Kier alpha value is -1.13. The quantitative estimate of drug-likeness (QED) is 0.784. The maximum absolute atomic E-state index is 5.03. The minimum atomic E-state index is 0.745. The van der Waals surface area contributed by atoms with Crippen LogP contribution in [-0.4, -0.2) is 38.3 Å². The molecule has 1 aromatic heterocycles. The van der Waals surface area contributed by atoms with Crippen molar-refractivity contribution >= 4 is 5.82 Å². The average molecular weight is 291 g/mol. The van der Waals surface area contributed by atoms with Crippen molar-refractivity contribution in [3.05, 3.63) is 23.4 Å². The molecule has 0 bridgehead atoms. The number of rotatable bonds is 7. The molecule has 0 aromatic carbocycles. The van der Waals surface area contributed by atoms with Crippen molar-refractivity contribution < 1.29 is 4.74 Å². The fourth-order valence-corrected chi connectivity index (χ4v) is 2.98. The fourth-order valence-electron chi connectivity index (χ4n) is 2.98. The molecule has 1 aliphatic heterocycles. The summed E-state index contributed by atoms with van der Waals surface area (Å²) in [6.07, 6.45) is 3.30. The van der Waals surface area contributed by atoms with Crippen LogP contribution in [0.4, 0.5) is 5.82 Å². The average Bonchev–Trinajstić information content (AvgIpc) is 2.93. The van der Waals surface area contributed by atoms with Crippen LogP contribution in [-0.2, 0) is 11.3 Å². The van der Waals surface area contributed by atoms with E-state index in [-0.39, 0.29) is 0 Å². The van der Waals surface area contributed by atoms with Crippen molar-refractivity contribution in [1.82, 2.24) is 10.3 Å². The van der Waals surface area contributed by atoms with E-state index in [9.17, 15) is 0 Å². The van der Waals surface area contributed by atoms with Gasteiger partial charge >= 0.3 is 0 Å². The Morgan fingerprint density at radius 3 is 2.90 bits per heavy atom. The monoisotopic (exact) mass is 291 g/mol. The molecule has 1 fully saturated rings. The number of aromatic nitrogens is 1. The Bertz CT molecular complexity index is 448. The Kier molecular flexibility index (Phi) is 6.00. The molecule has 4 nitrogen and oxygen atoms in total. The van der Waals surface area contributed by atoms with Crippen LogP contribution in [0.25, 0.3) is 0 Å². The van der Waals surface area contributed by atoms with Crippen LogP contribution in [0, 0.1) is 18.8 Å². The molecule has 2 rings (SSSR count). The van der Waals surface area contributed by atoms with Crippen molar-refractivity contribution in [2.24, 2.45) is 11.8 Å². The van der Waals surface area contributed by atoms with E-state index in [2.05, 4.69) is 37.1 Å². The normalized spacial score (nSPS) is 18.7. The third-order valence-electron chi connectivity index (χ3n) is 4.39. The standard InChI is InChI=1S/C17H29N3O/c1-13(2)16-5-7-20(12-16)17-14(3)9-15(11-19-17)10-18-6-8-21-4/h9,11,13,16,18H,5-8,10,12H2,1-4H3. The molecule has 1 atom stereocenters. The van der Waals surface area contributed by atoms with Gasteiger partial charge in [-0.25, -0.2) is 4.98 Å². The van der Waals surface area contributed by atoms with Crippen LogP contribution in [0.1, 0.15) is 31.4 Å². The minimum absolute atomic E-state index is 0.745. The van der Waals surface area contributed by atoms with Crippen molar-refractivity contribution in [2.45, 2.75) is 33.7 Å². The largest absolute Gasteiger partial charge is 0.383 e. The fraction of sp³-hybridized carbons (Fsp3) is 0.706. The maximum atomic E-state index is 5.03. The molecular weight excluding hydrogens is 262 g/mol.